The van der Waals surface area contributed by atoms with E-state index in [0.29, 0.717) is 19.0 Å². The molecule has 0 aromatic carbocycles. The van der Waals surface area contributed by atoms with Crippen molar-refractivity contribution in [3.63, 3.8) is 0 Å². The van der Waals surface area contributed by atoms with Crippen molar-refractivity contribution in [1.29, 1.82) is 0 Å². The summed E-state index contributed by atoms with van der Waals surface area (Å²) in [5, 5.41) is 9.28. The molecule has 0 aliphatic carbocycles. The van der Waals surface area contributed by atoms with Crippen LogP contribution in [0.1, 0.15) is 27.7 Å². The molecule has 0 spiro atoms. The fourth-order valence-corrected chi connectivity index (χ4v) is 2.69. The van der Waals surface area contributed by atoms with E-state index < -0.39 is 11.7 Å². The molecule has 0 aromatic rings. The Morgan fingerprint density at radius 1 is 1.12 bits per heavy atom. The van der Waals surface area contributed by atoms with Crippen LogP contribution in [-0.2, 0) is 4.74 Å². The van der Waals surface area contributed by atoms with E-state index in [0.717, 1.165) is 45.2 Å². The number of nitrogens with one attached hydrogen (secondary N) is 3. The minimum absolute atomic E-state index is 0.400. The molecule has 1 saturated heterocycles. The van der Waals surface area contributed by atoms with Gasteiger partial charge in [0.2, 0.25) is 0 Å². The fourth-order valence-electron chi connectivity index (χ4n) is 2.69. The third-order valence-corrected chi connectivity index (χ3v) is 4.09. The number of carbonyl (C=O) groups is 1. The first kappa shape index (κ1) is 22.5. The van der Waals surface area contributed by atoms with Crippen molar-refractivity contribution in [3.8, 4) is 0 Å². The van der Waals surface area contributed by atoms with Crippen LogP contribution in [0.4, 0.5) is 4.79 Å². The first-order valence-electron chi connectivity index (χ1n) is 9.52. The lowest BCUT2D eigenvalue weighted by molar-refractivity contribution is 0.0529. The van der Waals surface area contributed by atoms with Crippen LogP contribution in [0.3, 0.4) is 0 Å². The molecule has 1 aliphatic rings. The molecular weight excluding hydrogens is 332 g/mol. The Balaban J connectivity index is 2.15. The number of rotatable bonds is 7. The molecule has 1 heterocycles. The molecule has 3 N–H and O–H groups in total. The number of likely N-dealkylation sites (N-methyl/N-ethyl adjacent to an activating group) is 1. The lowest BCUT2D eigenvalue weighted by Crippen LogP contribution is -2.48. The van der Waals surface area contributed by atoms with Gasteiger partial charge < -0.3 is 30.5 Å². The SMILES string of the molecule is CN=C(NCCNC(=O)OC(C)(C)C)NCC(C)CN1CCN(C)CC1. The van der Waals surface area contributed by atoms with Crippen LogP contribution < -0.4 is 16.0 Å². The smallest absolute Gasteiger partial charge is 0.407 e. The van der Waals surface area contributed by atoms with E-state index in [9.17, 15) is 4.79 Å². The number of guanidine groups is 1. The zero-order valence-electron chi connectivity index (χ0n) is 17.4. The molecule has 1 atom stereocenters. The number of aliphatic imine (C=N–C) groups is 1. The largest absolute Gasteiger partial charge is 0.444 e. The molecule has 8 nitrogen and oxygen atoms in total. The molecule has 0 aromatic heterocycles. The van der Waals surface area contributed by atoms with Gasteiger partial charge in [-0.25, -0.2) is 4.79 Å². The van der Waals surface area contributed by atoms with Crippen LogP contribution >= 0.6 is 0 Å². The van der Waals surface area contributed by atoms with Gasteiger partial charge in [0.05, 0.1) is 0 Å². The van der Waals surface area contributed by atoms with Gasteiger partial charge in [-0.1, -0.05) is 6.92 Å². The molecule has 0 radical (unpaired) electrons. The van der Waals surface area contributed by atoms with E-state index in [1.807, 2.05) is 20.8 Å². The Labute approximate surface area is 158 Å². The molecule has 26 heavy (non-hydrogen) atoms. The summed E-state index contributed by atoms with van der Waals surface area (Å²) in [7, 11) is 3.93. The Bertz CT molecular complexity index is 441. The van der Waals surface area contributed by atoms with Gasteiger partial charge in [-0.05, 0) is 33.7 Å². The van der Waals surface area contributed by atoms with Gasteiger partial charge in [0.25, 0.3) is 0 Å². The number of nitrogens with zero attached hydrogens (tertiary/aromatic N) is 3. The van der Waals surface area contributed by atoms with E-state index in [1.54, 1.807) is 7.05 Å². The molecule has 1 amide bonds. The molecule has 8 heteroatoms. The Kier molecular flexibility index (Phi) is 9.72. The maximum absolute atomic E-state index is 11.6. The molecular formula is C18H38N6O2. The summed E-state index contributed by atoms with van der Waals surface area (Å²) in [5.41, 5.74) is -0.477. The van der Waals surface area contributed by atoms with Crippen LogP contribution in [0.15, 0.2) is 4.99 Å². The van der Waals surface area contributed by atoms with E-state index in [-0.39, 0.29) is 0 Å². The van der Waals surface area contributed by atoms with Crippen molar-refractivity contribution in [2.45, 2.75) is 33.3 Å². The molecule has 1 rings (SSSR count). The molecule has 1 aliphatic heterocycles. The number of piperazine rings is 1. The van der Waals surface area contributed by atoms with Gasteiger partial charge in [-0.2, -0.15) is 0 Å². The van der Waals surface area contributed by atoms with E-state index in [2.05, 4.69) is 44.7 Å². The quantitative estimate of drug-likeness (QED) is 0.345. The molecule has 152 valence electrons. The topological polar surface area (TPSA) is 81.2 Å². The van der Waals surface area contributed by atoms with Gasteiger partial charge in [-0.15, -0.1) is 0 Å². The van der Waals surface area contributed by atoms with Crippen LogP contribution in [0, 0.1) is 5.92 Å². The van der Waals surface area contributed by atoms with Crippen LogP contribution in [0.25, 0.3) is 0 Å². The summed E-state index contributed by atoms with van der Waals surface area (Å²) < 4.78 is 5.20. The summed E-state index contributed by atoms with van der Waals surface area (Å²) in [6.45, 7) is 15.4. The van der Waals surface area contributed by atoms with Gasteiger partial charge in [-0.3, -0.25) is 4.99 Å². The van der Waals surface area contributed by atoms with Crippen LogP contribution in [0.5, 0.6) is 0 Å². The standard InChI is InChI=1S/C18H38N6O2/c1-15(14-24-11-9-23(6)10-12-24)13-22-16(19-5)20-7-8-21-17(25)26-18(2,3)4/h15H,7-14H2,1-6H3,(H,21,25)(H2,19,20,22). The Hall–Kier alpha value is -1.54. The highest BCUT2D eigenvalue weighted by molar-refractivity contribution is 5.79. The average molecular weight is 371 g/mol. The van der Waals surface area contributed by atoms with Gasteiger partial charge >= 0.3 is 6.09 Å². The van der Waals surface area contributed by atoms with Crippen molar-refractivity contribution in [1.82, 2.24) is 25.8 Å². The van der Waals surface area contributed by atoms with Crippen LogP contribution in [-0.4, -0.2) is 93.9 Å². The highest BCUT2D eigenvalue weighted by atomic mass is 16.6. The van der Waals surface area contributed by atoms with E-state index >= 15 is 0 Å². The number of alkyl carbamates (subject to hydrolysis) is 1. The maximum atomic E-state index is 11.6. The summed E-state index contributed by atoms with van der Waals surface area (Å²) in [6.07, 6.45) is -0.400. The number of amides is 1. The monoisotopic (exact) mass is 370 g/mol. The second kappa shape index (κ2) is 11.2. The normalized spacial score (nSPS) is 18.3. The second-order valence-corrected chi connectivity index (χ2v) is 8.02. The number of hydrogen-bond donors (Lipinski definition) is 3. The maximum Gasteiger partial charge on any atom is 0.407 e. The fraction of sp³-hybridized carbons (Fsp3) is 0.889. The van der Waals surface area contributed by atoms with Crippen molar-refractivity contribution >= 4 is 12.1 Å². The van der Waals surface area contributed by atoms with Crippen LogP contribution in [0.2, 0.25) is 0 Å². The summed E-state index contributed by atoms with van der Waals surface area (Å²) in [5.74, 6) is 1.29. The van der Waals surface area contributed by atoms with Gasteiger partial charge in [0.1, 0.15) is 5.60 Å². The van der Waals surface area contributed by atoms with E-state index in [4.69, 9.17) is 4.74 Å². The summed E-state index contributed by atoms with van der Waals surface area (Å²) in [4.78, 5) is 20.7. The highest BCUT2D eigenvalue weighted by Crippen LogP contribution is 2.06. The molecule has 0 saturated carbocycles. The minimum Gasteiger partial charge on any atom is -0.444 e. The Morgan fingerprint density at radius 3 is 2.31 bits per heavy atom. The van der Waals surface area contributed by atoms with Gasteiger partial charge in [0, 0.05) is 59.4 Å². The summed E-state index contributed by atoms with van der Waals surface area (Å²) >= 11 is 0. The minimum atomic E-state index is -0.477. The third-order valence-electron chi connectivity index (χ3n) is 4.09. The lowest BCUT2D eigenvalue weighted by Gasteiger charge is -2.34. The van der Waals surface area contributed by atoms with Crippen molar-refractivity contribution in [2.75, 3.05) is 66.5 Å². The molecule has 1 fully saturated rings. The number of hydrogen-bond acceptors (Lipinski definition) is 5. The zero-order valence-corrected chi connectivity index (χ0v) is 17.4. The Morgan fingerprint density at radius 2 is 1.73 bits per heavy atom. The first-order chi connectivity index (χ1) is 12.2. The predicted octanol–water partition coefficient (Wildman–Crippen LogP) is 0.560. The third kappa shape index (κ3) is 10.5. The lowest BCUT2D eigenvalue weighted by atomic mass is 10.1. The highest BCUT2D eigenvalue weighted by Gasteiger charge is 2.17. The van der Waals surface area contributed by atoms with Crippen molar-refractivity contribution < 1.29 is 9.53 Å². The van der Waals surface area contributed by atoms with E-state index in [1.165, 1.54) is 0 Å². The molecule has 0 bridgehead atoms. The zero-order chi connectivity index (χ0) is 19.6. The van der Waals surface area contributed by atoms with Crippen molar-refractivity contribution in [2.24, 2.45) is 10.9 Å². The predicted molar refractivity (Wildman–Crippen MR) is 107 cm³/mol. The number of ether oxygens (including phenoxy) is 1. The van der Waals surface area contributed by atoms with Gasteiger partial charge in [0.15, 0.2) is 5.96 Å². The second-order valence-electron chi connectivity index (χ2n) is 8.02. The summed E-state index contributed by atoms with van der Waals surface area (Å²) in [6, 6.07) is 0. The average Bonchev–Trinajstić information content (AvgIpc) is 2.54. The van der Waals surface area contributed by atoms with Crippen molar-refractivity contribution in [3.05, 3.63) is 0 Å². The number of carbonyl (C=O) groups excluding carboxylic acids is 1. The first-order valence-corrected chi connectivity index (χ1v) is 9.52. The molecule has 1 unspecified atom stereocenters.